The van der Waals surface area contributed by atoms with Gasteiger partial charge in [0.1, 0.15) is 11.6 Å². The molecule has 0 saturated carbocycles. The molecule has 0 aromatic heterocycles. The van der Waals surface area contributed by atoms with Gasteiger partial charge in [-0.25, -0.2) is 4.90 Å². The van der Waals surface area contributed by atoms with E-state index in [1.807, 2.05) is 6.92 Å². The Morgan fingerprint density at radius 1 is 0.964 bits per heavy atom. The highest BCUT2D eigenvalue weighted by molar-refractivity contribution is 6.52. The number of oxime groups is 1. The van der Waals surface area contributed by atoms with Crippen LogP contribution in [0.4, 0.5) is 5.69 Å². The van der Waals surface area contributed by atoms with E-state index in [0.29, 0.717) is 5.56 Å². The number of fused-ring (bicyclic) bond motifs is 1. The van der Waals surface area contributed by atoms with Crippen LogP contribution < -0.4 is 10.0 Å². The lowest BCUT2D eigenvalue weighted by Crippen LogP contribution is -2.34. The van der Waals surface area contributed by atoms with Crippen molar-refractivity contribution in [1.29, 1.82) is 0 Å². The minimum Gasteiger partial charge on any atom is -0.545 e. The lowest BCUT2D eigenvalue weighted by atomic mass is 9.93. The largest absolute Gasteiger partial charge is 0.545 e. The van der Waals surface area contributed by atoms with Crippen LogP contribution in [-0.2, 0) is 14.4 Å². The number of nitrogens with zero attached hydrogens (tertiary/aromatic N) is 2. The van der Waals surface area contributed by atoms with Crippen molar-refractivity contribution in [1.82, 2.24) is 0 Å². The van der Waals surface area contributed by atoms with Gasteiger partial charge in [0.2, 0.25) is 17.8 Å². The van der Waals surface area contributed by atoms with E-state index in [2.05, 4.69) is 5.16 Å². The fourth-order valence-corrected chi connectivity index (χ4v) is 3.22. The highest BCUT2D eigenvalue weighted by Crippen LogP contribution is 2.34. The van der Waals surface area contributed by atoms with Gasteiger partial charge in [-0.15, -0.1) is 0 Å². The topological polar surface area (TPSA) is 116 Å². The summed E-state index contributed by atoms with van der Waals surface area (Å²) in [6.07, 6.45) is -1.21. The van der Waals surface area contributed by atoms with Crippen LogP contribution in [-0.4, -0.2) is 35.4 Å². The Bertz CT molecular complexity index is 1040. The number of hydrogen-bond acceptors (Lipinski definition) is 7. The summed E-state index contributed by atoms with van der Waals surface area (Å²) in [7, 11) is 0. The molecule has 1 fully saturated rings. The van der Waals surface area contributed by atoms with Gasteiger partial charge in [-0.3, -0.25) is 14.4 Å². The van der Waals surface area contributed by atoms with Gasteiger partial charge >= 0.3 is 0 Å². The summed E-state index contributed by atoms with van der Waals surface area (Å²) in [4.78, 5) is 55.1. The summed E-state index contributed by atoms with van der Waals surface area (Å²) in [6, 6.07) is 11.8. The van der Waals surface area contributed by atoms with E-state index >= 15 is 0 Å². The summed E-state index contributed by atoms with van der Waals surface area (Å²) in [5, 5.41) is 14.6. The standard InChI is InChI=1S/C20H14N2O6/c1-10-2-4-11(5-3-10)16(23)15-14-17(28-21-15)19(25)22(18(14)24)13-8-6-12(7-9-13)20(26)27/h2-9,14,17H,1H3,(H,26,27)/p-1/t14-,17-/m0/s1. The van der Waals surface area contributed by atoms with E-state index in [1.54, 1.807) is 24.3 Å². The minimum absolute atomic E-state index is 0.0870. The van der Waals surface area contributed by atoms with Crippen LogP contribution in [0.2, 0.25) is 0 Å². The first-order valence-corrected chi connectivity index (χ1v) is 8.43. The minimum atomic E-state index is -1.37. The van der Waals surface area contributed by atoms with Crippen molar-refractivity contribution < 1.29 is 29.1 Å². The fraction of sp³-hybridized carbons (Fsp3) is 0.150. The number of carbonyl (C=O) groups is 4. The molecule has 0 spiro atoms. The van der Waals surface area contributed by atoms with Gasteiger partial charge in [-0.1, -0.05) is 47.1 Å². The number of ketones is 1. The van der Waals surface area contributed by atoms with Gasteiger partial charge in [-0.05, 0) is 24.6 Å². The molecule has 140 valence electrons. The number of hydrogen-bond donors (Lipinski definition) is 0. The van der Waals surface area contributed by atoms with Crippen LogP contribution in [0.15, 0.2) is 53.7 Å². The van der Waals surface area contributed by atoms with E-state index < -0.39 is 35.6 Å². The Morgan fingerprint density at radius 3 is 2.18 bits per heavy atom. The van der Waals surface area contributed by atoms with Crippen molar-refractivity contribution in [2.45, 2.75) is 13.0 Å². The molecule has 2 aliphatic heterocycles. The molecule has 1 saturated heterocycles. The molecule has 0 unspecified atom stereocenters. The second kappa shape index (κ2) is 6.41. The van der Waals surface area contributed by atoms with Gasteiger partial charge in [0.25, 0.3) is 5.91 Å². The van der Waals surface area contributed by atoms with Crippen LogP contribution in [0.1, 0.15) is 26.3 Å². The zero-order chi connectivity index (χ0) is 20.0. The number of rotatable bonds is 4. The Kier molecular flexibility index (Phi) is 4.03. The monoisotopic (exact) mass is 377 g/mol. The molecule has 28 heavy (non-hydrogen) atoms. The van der Waals surface area contributed by atoms with E-state index in [4.69, 9.17) is 4.84 Å². The third kappa shape index (κ3) is 2.66. The van der Waals surface area contributed by atoms with Gasteiger partial charge in [-0.2, -0.15) is 0 Å². The quantitative estimate of drug-likeness (QED) is 0.565. The molecule has 2 heterocycles. The van der Waals surface area contributed by atoms with Crippen LogP contribution in [0.25, 0.3) is 0 Å². The number of benzene rings is 2. The van der Waals surface area contributed by atoms with Crippen molar-refractivity contribution in [3.8, 4) is 0 Å². The molecule has 2 aromatic rings. The molecular weight excluding hydrogens is 364 g/mol. The van der Waals surface area contributed by atoms with Crippen LogP contribution in [0, 0.1) is 12.8 Å². The Morgan fingerprint density at radius 2 is 1.57 bits per heavy atom. The van der Waals surface area contributed by atoms with Gasteiger partial charge in [0, 0.05) is 5.56 Å². The number of Topliss-reactive ketones (excluding diaryl/α,β-unsaturated/α-hetero) is 1. The first-order valence-electron chi connectivity index (χ1n) is 8.43. The summed E-state index contributed by atoms with van der Waals surface area (Å²) in [5.41, 5.74) is 1.28. The third-order valence-corrected chi connectivity index (χ3v) is 4.72. The molecule has 8 heteroatoms. The molecule has 2 atom stereocenters. The molecule has 4 rings (SSSR count). The SMILES string of the molecule is Cc1ccc(C(=O)C2=NO[C@@H]3C(=O)N(c4ccc(C(=O)[O-])cc4)C(=O)[C@@H]23)cc1. The summed E-state index contributed by atoms with van der Waals surface area (Å²) >= 11 is 0. The first-order chi connectivity index (χ1) is 13.4. The Labute approximate surface area is 159 Å². The molecular formula is C20H13N2O6-. The number of imide groups is 1. The predicted octanol–water partition coefficient (Wildman–Crippen LogP) is 0.486. The first kappa shape index (κ1) is 17.6. The maximum absolute atomic E-state index is 12.9. The van der Waals surface area contributed by atoms with E-state index in [9.17, 15) is 24.3 Å². The number of aromatic carboxylic acids is 1. The molecule has 2 aliphatic rings. The number of amides is 2. The average Bonchev–Trinajstić information content (AvgIpc) is 3.22. The smallest absolute Gasteiger partial charge is 0.278 e. The summed E-state index contributed by atoms with van der Waals surface area (Å²) in [5.74, 6) is -4.30. The van der Waals surface area contributed by atoms with Crippen LogP contribution in [0.5, 0.6) is 0 Å². The van der Waals surface area contributed by atoms with Crippen LogP contribution in [0.3, 0.4) is 0 Å². The maximum atomic E-state index is 12.9. The maximum Gasteiger partial charge on any atom is 0.278 e. The second-order valence-corrected chi connectivity index (χ2v) is 6.52. The van der Waals surface area contributed by atoms with Crippen LogP contribution >= 0.6 is 0 Å². The van der Waals surface area contributed by atoms with Gasteiger partial charge in [0.05, 0.1) is 11.7 Å². The zero-order valence-corrected chi connectivity index (χ0v) is 14.6. The number of carbonyl (C=O) groups excluding carboxylic acids is 4. The Balaban J connectivity index is 1.63. The molecule has 0 N–H and O–H groups in total. The van der Waals surface area contributed by atoms with Crippen molar-refractivity contribution >= 4 is 35.0 Å². The van der Waals surface area contributed by atoms with Crippen molar-refractivity contribution in [2.24, 2.45) is 11.1 Å². The molecule has 2 amide bonds. The van der Waals surface area contributed by atoms with E-state index in [0.717, 1.165) is 10.5 Å². The van der Waals surface area contributed by atoms with Crippen molar-refractivity contribution in [3.63, 3.8) is 0 Å². The molecule has 0 bridgehead atoms. The molecule has 8 nitrogen and oxygen atoms in total. The van der Waals surface area contributed by atoms with Gasteiger partial charge < -0.3 is 14.7 Å². The van der Waals surface area contributed by atoms with E-state index in [1.165, 1.54) is 24.3 Å². The van der Waals surface area contributed by atoms with Crippen molar-refractivity contribution in [3.05, 3.63) is 65.2 Å². The lowest BCUT2D eigenvalue weighted by Gasteiger charge is -2.16. The second-order valence-electron chi connectivity index (χ2n) is 6.52. The summed E-state index contributed by atoms with van der Waals surface area (Å²) in [6.45, 7) is 1.88. The average molecular weight is 377 g/mol. The number of carboxylic acid groups (broad SMARTS) is 1. The van der Waals surface area contributed by atoms with Gasteiger partial charge in [0.15, 0.2) is 0 Å². The Hall–Kier alpha value is -3.81. The van der Waals surface area contributed by atoms with Crippen molar-refractivity contribution in [2.75, 3.05) is 4.90 Å². The predicted molar refractivity (Wildman–Crippen MR) is 94.6 cm³/mol. The highest BCUT2D eigenvalue weighted by atomic mass is 16.7. The molecule has 0 aliphatic carbocycles. The number of carboxylic acids is 1. The third-order valence-electron chi connectivity index (χ3n) is 4.72. The fourth-order valence-electron chi connectivity index (χ4n) is 3.22. The van der Waals surface area contributed by atoms with E-state index in [-0.39, 0.29) is 17.0 Å². The lowest BCUT2D eigenvalue weighted by molar-refractivity contribution is -0.255. The zero-order valence-electron chi connectivity index (χ0n) is 14.6. The number of aryl methyl sites for hydroxylation is 1. The molecule has 0 radical (unpaired) electrons. The number of anilines is 1. The summed E-state index contributed by atoms with van der Waals surface area (Å²) < 4.78 is 0. The highest BCUT2D eigenvalue weighted by Gasteiger charge is 2.57. The normalized spacial score (nSPS) is 20.6. The molecule has 2 aromatic carbocycles.